The Morgan fingerprint density at radius 1 is 1.00 bits per heavy atom. The highest BCUT2D eigenvalue weighted by Gasteiger charge is 2.41. The monoisotopic (exact) mass is 366 g/mol. The predicted molar refractivity (Wildman–Crippen MR) is 98.7 cm³/mol. The SMILES string of the molecule is CC(C)(C)c1noc(COC(=O)C(O)(c2ccccc2)c2ccccc2)n1. The average molecular weight is 366 g/mol. The predicted octanol–water partition coefficient (Wildman–Crippen LogP) is 3.35. The molecule has 0 bridgehead atoms. The molecule has 6 nitrogen and oxygen atoms in total. The molecule has 3 rings (SSSR count). The van der Waals surface area contributed by atoms with Crippen molar-refractivity contribution in [1.29, 1.82) is 0 Å². The van der Waals surface area contributed by atoms with E-state index >= 15 is 0 Å². The molecule has 0 fully saturated rings. The Morgan fingerprint density at radius 3 is 1.96 bits per heavy atom. The summed E-state index contributed by atoms with van der Waals surface area (Å²) in [5.74, 6) is -0.109. The molecule has 0 saturated heterocycles. The van der Waals surface area contributed by atoms with Gasteiger partial charge in [0.25, 0.3) is 5.89 Å². The lowest BCUT2D eigenvalue weighted by atomic mass is 9.86. The number of esters is 1. The molecule has 1 aromatic heterocycles. The van der Waals surface area contributed by atoms with E-state index in [1.165, 1.54) is 0 Å². The number of carbonyl (C=O) groups is 1. The Bertz CT molecular complexity index is 859. The summed E-state index contributed by atoms with van der Waals surface area (Å²) in [4.78, 5) is 17.1. The van der Waals surface area contributed by atoms with E-state index in [0.29, 0.717) is 17.0 Å². The van der Waals surface area contributed by atoms with E-state index in [2.05, 4.69) is 10.1 Å². The minimum Gasteiger partial charge on any atom is -0.453 e. The number of aromatic nitrogens is 2. The van der Waals surface area contributed by atoms with Gasteiger partial charge in [0.15, 0.2) is 12.4 Å². The molecule has 0 unspecified atom stereocenters. The van der Waals surface area contributed by atoms with Gasteiger partial charge in [0, 0.05) is 5.41 Å². The van der Waals surface area contributed by atoms with Crippen LogP contribution in [0.1, 0.15) is 43.6 Å². The summed E-state index contributed by atoms with van der Waals surface area (Å²) in [6.07, 6.45) is 0. The molecule has 0 aliphatic heterocycles. The topological polar surface area (TPSA) is 85.5 Å². The van der Waals surface area contributed by atoms with Crippen LogP contribution in [0.3, 0.4) is 0 Å². The summed E-state index contributed by atoms with van der Waals surface area (Å²) in [6, 6.07) is 17.4. The van der Waals surface area contributed by atoms with Gasteiger partial charge in [-0.05, 0) is 11.1 Å². The van der Waals surface area contributed by atoms with Crippen LogP contribution in [0.4, 0.5) is 0 Å². The fourth-order valence-corrected chi connectivity index (χ4v) is 2.61. The number of aliphatic hydroxyl groups is 1. The maximum Gasteiger partial charge on any atom is 0.348 e. The number of hydrogen-bond acceptors (Lipinski definition) is 6. The van der Waals surface area contributed by atoms with Crippen LogP contribution in [-0.2, 0) is 27.2 Å². The van der Waals surface area contributed by atoms with Crippen molar-refractivity contribution in [2.24, 2.45) is 0 Å². The zero-order valence-corrected chi connectivity index (χ0v) is 15.5. The first kappa shape index (κ1) is 18.8. The van der Waals surface area contributed by atoms with Crippen molar-refractivity contribution in [3.8, 4) is 0 Å². The minimum atomic E-state index is -1.94. The fraction of sp³-hybridized carbons (Fsp3) is 0.286. The Kier molecular flexibility index (Phi) is 5.10. The van der Waals surface area contributed by atoms with Crippen molar-refractivity contribution in [3.63, 3.8) is 0 Å². The third-order valence-electron chi connectivity index (χ3n) is 4.14. The highest BCUT2D eigenvalue weighted by atomic mass is 16.6. The van der Waals surface area contributed by atoms with Crippen molar-refractivity contribution < 1.29 is 19.2 Å². The summed E-state index contributed by atoms with van der Waals surface area (Å²) >= 11 is 0. The molecule has 3 aromatic rings. The maximum absolute atomic E-state index is 12.9. The highest BCUT2D eigenvalue weighted by Crippen LogP contribution is 2.31. The molecule has 0 amide bonds. The largest absolute Gasteiger partial charge is 0.453 e. The van der Waals surface area contributed by atoms with Gasteiger partial charge in [-0.1, -0.05) is 86.6 Å². The number of hydrogen-bond donors (Lipinski definition) is 1. The van der Waals surface area contributed by atoms with Crippen LogP contribution >= 0.6 is 0 Å². The van der Waals surface area contributed by atoms with Gasteiger partial charge in [0.2, 0.25) is 5.60 Å². The van der Waals surface area contributed by atoms with E-state index in [4.69, 9.17) is 9.26 Å². The first-order valence-electron chi connectivity index (χ1n) is 8.65. The molecule has 1 N–H and O–H groups in total. The van der Waals surface area contributed by atoms with Crippen LogP contribution in [0, 0.1) is 0 Å². The molecule has 0 atom stereocenters. The van der Waals surface area contributed by atoms with Crippen LogP contribution in [0.15, 0.2) is 65.2 Å². The second kappa shape index (κ2) is 7.32. The van der Waals surface area contributed by atoms with Gasteiger partial charge < -0.3 is 14.4 Å². The molecule has 0 saturated carbocycles. The summed E-state index contributed by atoms with van der Waals surface area (Å²) in [5.41, 5.74) is -1.38. The Hall–Kier alpha value is -2.99. The molecular weight excluding hydrogens is 344 g/mol. The number of nitrogens with zero attached hydrogens (tertiary/aromatic N) is 2. The van der Waals surface area contributed by atoms with Crippen molar-refractivity contribution >= 4 is 5.97 Å². The Labute approximate surface area is 157 Å². The summed E-state index contributed by atoms with van der Waals surface area (Å²) < 4.78 is 10.5. The lowest BCUT2D eigenvalue weighted by Gasteiger charge is -2.26. The number of ether oxygens (including phenoxy) is 1. The zero-order valence-electron chi connectivity index (χ0n) is 15.5. The minimum absolute atomic E-state index is 0.178. The zero-order chi connectivity index (χ0) is 19.5. The molecule has 0 spiro atoms. The van der Waals surface area contributed by atoms with Gasteiger partial charge in [-0.3, -0.25) is 0 Å². The lowest BCUT2D eigenvalue weighted by Crippen LogP contribution is -2.38. The van der Waals surface area contributed by atoms with Crippen molar-refractivity contribution in [1.82, 2.24) is 10.1 Å². The fourth-order valence-electron chi connectivity index (χ4n) is 2.61. The van der Waals surface area contributed by atoms with Gasteiger partial charge in [0.1, 0.15) is 0 Å². The van der Waals surface area contributed by atoms with E-state index in [9.17, 15) is 9.90 Å². The van der Waals surface area contributed by atoms with Gasteiger partial charge in [-0.2, -0.15) is 4.98 Å². The van der Waals surface area contributed by atoms with E-state index in [1.807, 2.05) is 32.9 Å². The van der Waals surface area contributed by atoms with E-state index in [0.717, 1.165) is 0 Å². The quantitative estimate of drug-likeness (QED) is 0.697. The van der Waals surface area contributed by atoms with Gasteiger partial charge >= 0.3 is 5.97 Å². The Balaban J connectivity index is 1.85. The van der Waals surface area contributed by atoms with Gasteiger partial charge in [-0.25, -0.2) is 4.79 Å². The van der Waals surface area contributed by atoms with Crippen molar-refractivity contribution in [2.75, 3.05) is 0 Å². The van der Waals surface area contributed by atoms with Crippen LogP contribution in [0.25, 0.3) is 0 Å². The van der Waals surface area contributed by atoms with E-state index < -0.39 is 11.6 Å². The first-order valence-corrected chi connectivity index (χ1v) is 8.65. The summed E-state index contributed by atoms with van der Waals surface area (Å²) in [7, 11) is 0. The second-order valence-corrected chi connectivity index (χ2v) is 7.28. The van der Waals surface area contributed by atoms with Crippen LogP contribution in [0.5, 0.6) is 0 Å². The number of carbonyl (C=O) groups excluding carboxylic acids is 1. The van der Waals surface area contributed by atoms with Gasteiger partial charge in [-0.15, -0.1) is 0 Å². The van der Waals surface area contributed by atoms with E-state index in [-0.39, 0.29) is 17.9 Å². The number of rotatable bonds is 5. The lowest BCUT2D eigenvalue weighted by molar-refractivity contribution is -0.164. The molecule has 0 radical (unpaired) electrons. The molecule has 2 aromatic carbocycles. The molecule has 27 heavy (non-hydrogen) atoms. The standard InChI is InChI=1S/C21H22N2O4/c1-20(2,3)18-22-17(27-23-18)14-26-19(24)21(25,15-10-6-4-7-11-15)16-12-8-5-9-13-16/h4-13,25H,14H2,1-3H3. The molecule has 140 valence electrons. The highest BCUT2D eigenvalue weighted by molar-refractivity contribution is 5.85. The molecular formula is C21H22N2O4. The van der Waals surface area contributed by atoms with Crippen molar-refractivity contribution in [3.05, 3.63) is 83.5 Å². The molecule has 1 heterocycles. The molecule has 6 heteroatoms. The van der Waals surface area contributed by atoms with Crippen LogP contribution in [0.2, 0.25) is 0 Å². The average Bonchev–Trinajstić information content (AvgIpc) is 3.16. The molecule has 0 aliphatic carbocycles. The maximum atomic E-state index is 12.9. The third kappa shape index (κ3) is 3.90. The smallest absolute Gasteiger partial charge is 0.348 e. The van der Waals surface area contributed by atoms with Gasteiger partial charge in [0.05, 0.1) is 0 Å². The Morgan fingerprint density at radius 2 is 1.52 bits per heavy atom. The second-order valence-electron chi connectivity index (χ2n) is 7.28. The summed E-state index contributed by atoms with van der Waals surface area (Å²) in [6.45, 7) is 5.65. The third-order valence-corrected chi connectivity index (χ3v) is 4.14. The van der Waals surface area contributed by atoms with Crippen molar-refractivity contribution in [2.45, 2.75) is 38.4 Å². The summed E-state index contributed by atoms with van der Waals surface area (Å²) in [5, 5.41) is 15.2. The normalized spacial score (nSPS) is 12.0. The number of benzene rings is 2. The first-order chi connectivity index (χ1) is 12.8. The van der Waals surface area contributed by atoms with E-state index in [1.54, 1.807) is 48.5 Å². The van der Waals surface area contributed by atoms with Crippen LogP contribution in [-0.4, -0.2) is 21.2 Å². The van der Waals surface area contributed by atoms with Crippen LogP contribution < -0.4 is 0 Å². The molecule has 0 aliphatic rings.